The first-order valence-corrected chi connectivity index (χ1v) is 28.1. The molecule has 67 heavy (non-hydrogen) atoms. The van der Waals surface area contributed by atoms with Crippen molar-refractivity contribution in [1.29, 1.82) is 0 Å². The summed E-state index contributed by atoms with van der Waals surface area (Å²) < 4.78 is 16.8. The molecule has 0 aromatic rings. The van der Waals surface area contributed by atoms with Crippen LogP contribution in [0.15, 0.2) is 85.1 Å². The summed E-state index contributed by atoms with van der Waals surface area (Å²) in [5.74, 6) is -0.932. The Morgan fingerprint density at radius 1 is 0.313 bits per heavy atom. The largest absolute Gasteiger partial charge is 0.462 e. The van der Waals surface area contributed by atoms with Gasteiger partial charge in [0.15, 0.2) is 6.10 Å². The fraction of sp³-hybridized carbons (Fsp3) is 0.721. The second-order valence-electron chi connectivity index (χ2n) is 18.5. The van der Waals surface area contributed by atoms with Gasteiger partial charge >= 0.3 is 17.9 Å². The second-order valence-corrected chi connectivity index (χ2v) is 18.5. The monoisotopic (exact) mass is 933 g/mol. The van der Waals surface area contributed by atoms with E-state index in [1.165, 1.54) is 103 Å². The summed E-state index contributed by atoms with van der Waals surface area (Å²) in [6.07, 6.45) is 71.4. The molecular weight excluding hydrogens is 829 g/mol. The number of carbonyl (C=O) groups excluding carboxylic acids is 3. The normalized spacial score (nSPS) is 12.7. The van der Waals surface area contributed by atoms with Crippen LogP contribution in [0.1, 0.15) is 265 Å². The highest BCUT2D eigenvalue weighted by Gasteiger charge is 2.19. The molecule has 0 aromatic carbocycles. The summed E-state index contributed by atoms with van der Waals surface area (Å²) in [5, 5.41) is 0. The molecule has 0 fully saturated rings. The fourth-order valence-electron chi connectivity index (χ4n) is 7.66. The summed E-state index contributed by atoms with van der Waals surface area (Å²) in [4.78, 5) is 38.1. The lowest BCUT2D eigenvalue weighted by molar-refractivity contribution is -0.167. The van der Waals surface area contributed by atoms with Crippen LogP contribution < -0.4 is 0 Å². The molecule has 0 heterocycles. The summed E-state index contributed by atoms with van der Waals surface area (Å²) in [6.45, 7) is 6.46. The molecule has 6 nitrogen and oxygen atoms in total. The number of hydrogen-bond donors (Lipinski definition) is 0. The highest BCUT2D eigenvalue weighted by Crippen LogP contribution is 2.15. The lowest BCUT2D eigenvalue weighted by Gasteiger charge is -2.18. The Bertz CT molecular complexity index is 1300. The van der Waals surface area contributed by atoms with Crippen LogP contribution in [0, 0.1) is 0 Å². The Kier molecular flexibility index (Phi) is 52.4. The van der Waals surface area contributed by atoms with Gasteiger partial charge in [0.05, 0.1) is 0 Å². The second kappa shape index (κ2) is 55.2. The summed E-state index contributed by atoms with van der Waals surface area (Å²) in [6, 6.07) is 0. The minimum Gasteiger partial charge on any atom is -0.462 e. The maximum atomic E-state index is 12.8. The first kappa shape index (κ1) is 63.6. The van der Waals surface area contributed by atoms with E-state index in [0.29, 0.717) is 19.3 Å². The highest BCUT2D eigenvalue weighted by atomic mass is 16.6. The van der Waals surface area contributed by atoms with Gasteiger partial charge in [-0.1, -0.05) is 241 Å². The Hall–Kier alpha value is -3.41. The number of esters is 3. The topological polar surface area (TPSA) is 78.9 Å². The number of rotatable bonds is 50. The van der Waals surface area contributed by atoms with Gasteiger partial charge in [-0.25, -0.2) is 0 Å². The van der Waals surface area contributed by atoms with E-state index in [1.54, 1.807) is 0 Å². The Morgan fingerprint density at radius 2 is 0.597 bits per heavy atom. The molecule has 0 radical (unpaired) electrons. The molecule has 0 aliphatic heterocycles. The van der Waals surface area contributed by atoms with Gasteiger partial charge in [0.25, 0.3) is 0 Å². The molecule has 0 amide bonds. The van der Waals surface area contributed by atoms with E-state index >= 15 is 0 Å². The van der Waals surface area contributed by atoms with Crippen molar-refractivity contribution in [3.63, 3.8) is 0 Å². The Balaban J connectivity index is 4.45. The van der Waals surface area contributed by atoms with Gasteiger partial charge in [0, 0.05) is 19.3 Å². The van der Waals surface area contributed by atoms with Crippen LogP contribution in [0.2, 0.25) is 0 Å². The van der Waals surface area contributed by atoms with Crippen molar-refractivity contribution in [2.75, 3.05) is 13.2 Å². The van der Waals surface area contributed by atoms with Crippen LogP contribution in [-0.2, 0) is 28.6 Å². The zero-order chi connectivity index (χ0) is 48.6. The van der Waals surface area contributed by atoms with Crippen molar-refractivity contribution in [1.82, 2.24) is 0 Å². The summed E-state index contributed by atoms with van der Waals surface area (Å²) in [5.41, 5.74) is 0. The molecule has 384 valence electrons. The molecular formula is C61H104O6. The quantitative estimate of drug-likeness (QED) is 0.0262. The molecule has 0 spiro atoms. The average Bonchev–Trinajstić information content (AvgIpc) is 3.33. The van der Waals surface area contributed by atoms with Gasteiger partial charge in [-0.15, -0.1) is 0 Å². The first-order valence-electron chi connectivity index (χ1n) is 28.1. The molecule has 6 heteroatoms. The Labute approximate surface area is 414 Å². The van der Waals surface area contributed by atoms with E-state index in [4.69, 9.17) is 14.2 Å². The number of carbonyl (C=O) groups is 3. The third-order valence-corrected chi connectivity index (χ3v) is 11.9. The number of allylic oxidation sites excluding steroid dienone is 14. The van der Waals surface area contributed by atoms with Crippen LogP contribution in [0.5, 0.6) is 0 Å². The van der Waals surface area contributed by atoms with Crippen LogP contribution in [0.3, 0.4) is 0 Å². The standard InChI is InChI=1S/C61H104O6/c1-4-7-10-13-16-19-22-25-28-30-31-32-34-36-39-42-45-48-51-54-60(63)66-57-58(56-65-59(62)53-50-47-44-41-38-35-27-24-21-18-15-12-9-6-3)67-61(64)55-52-49-46-43-40-37-33-29-26-23-20-17-14-11-8-5-2/h7,10,15-16,18-19,24-25,27-28,31-32,36,39,58H,4-6,8-9,11-14,17,20-23,26,29-30,33-35,37-38,40-57H2,1-3H3/b10-7-,18-15-,19-16-,27-24-,28-25-,32-31-,39-36-. The molecule has 0 aliphatic carbocycles. The van der Waals surface area contributed by atoms with E-state index in [9.17, 15) is 14.4 Å². The van der Waals surface area contributed by atoms with Gasteiger partial charge in [-0.05, 0) is 89.9 Å². The smallest absolute Gasteiger partial charge is 0.306 e. The highest BCUT2D eigenvalue weighted by molar-refractivity contribution is 5.71. The third kappa shape index (κ3) is 53.4. The fourth-order valence-corrected chi connectivity index (χ4v) is 7.66. The van der Waals surface area contributed by atoms with E-state index in [-0.39, 0.29) is 31.1 Å². The third-order valence-electron chi connectivity index (χ3n) is 11.9. The van der Waals surface area contributed by atoms with E-state index in [2.05, 4.69) is 106 Å². The molecule has 0 aliphatic rings. The molecule has 0 rings (SSSR count). The van der Waals surface area contributed by atoms with Crippen molar-refractivity contribution in [2.24, 2.45) is 0 Å². The van der Waals surface area contributed by atoms with E-state index < -0.39 is 6.10 Å². The predicted octanol–water partition coefficient (Wildman–Crippen LogP) is 18.8. The predicted molar refractivity (Wildman–Crippen MR) is 288 cm³/mol. The van der Waals surface area contributed by atoms with Gasteiger partial charge in [-0.2, -0.15) is 0 Å². The van der Waals surface area contributed by atoms with Crippen LogP contribution in [-0.4, -0.2) is 37.2 Å². The van der Waals surface area contributed by atoms with Gasteiger partial charge < -0.3 is 14.2 Å². The van der Waals surface area contributed by atoms with Crippen LogP contribution >= 0.6 is 0 Å². The van der Waals surface area contributed by atoms with Crippen molar-refractivity contribution >= 4 is 17.9 Å². The van der Waals surface area contributed by atoms with Crippen molar-refractivity contribution in [2.45, 2.75) is 271 Å². The average molecular weight is 933 g/mol. The summed E-state index contributed by atoms with van der Waals surface area (Å²) in [7, 11) is 0. The van der Waals surface area contributed by atoms with Crippen molar-refractivity contribution in [3.8, 4) is 0 Å². The van der Waals surface area contributed by atoms with Crippen molar-refractivity contribution < 1.29 is 28.6 Å². The SMILES string of the molecule is CC/C=C\C/C=C\C/C=C\C/C=C\C/C=C\CCCCCC(=O)OCC(COC(=O)CCCCCCC/C=C\C/C=C\CCCC)OC(=O)CCCCCCCCCCCCCCCCCC. The lowest BCUT2D eigenvalue weighted by Crippen LogP contribution is -2.30. The first-order chi connectivity index (χ1) is 33.0. The zero-order valence-electron chi connectivity index (χ0n) is 43.9. The molecule has 1 atom stereocenters. The maximum Gasteiger partial charge on any atom is 0.306 e. The molecule has 0 saturated heterocycles. The number of ether oxygens (including phenoxy) is 3. The zero-order valence-corrected chi connectivity index (χ0v) is 43.9. The van der Waals surface area contributed by atoms with E-state index in [1.807, 2.05) is 0 Å². The van der Waals surface area contributed by atoms with Crippen LogP contribution in [0.4, 0.5) is 0 Å². The summed E-state index contributed by atoms with van der Waals surface area (Å²) >= 11 is 0. The maximum absolute atomic E-state index is 12.8. The van der Waals surface area contributed by atoms with Crippen LogP contribution in [0.25, 0.3) is 0 Å². The lowest BCUT2D eigenvalue weighted by atomic mass is 10.0. The number of unbranched alkanes of at least 4 members (excludes halogenated alkanes) is 25. The van der Waals surface area contributed by atoms with E-state index in [0.717, 1.165) is 122 Å². The van der Waals surface area contributed by atoms with Gasteiger partial charge in [0.2, 0.25) is 0 Å². The van der Waals surface area contributed by atoms with Gasteiger partial charge in [-0.3, -0.25) is 14.4 Å². The molecule has 0 N–H and O–H groups in total. The molecule has 0 saturated carbocycles. The molecule has 0 bridgehead atoms. The number of hydrogen-bond acceptors (Lipinski definition) is 6. The Morgan fingerprint density at radius 3 is 0.970 bits per heavy atom. The molecule has 1 unspecified atom stereocenters. The minimum absolute atomic E-state index is 0.0931. The minimum atomic E-state index is -0.795. The molecule has 0 aromatic heterocycles. The van der Waals surface area contributed by atoms with Gasteiger partial charge in [0.1, 0.15) is 13.2 Å². The van der Waals surface area contributed by atoms with Crippen molar-refractivity contribution in [3.05, 3.63) is 85.1 Å².